The average Bonchev–Trinajstić information content (AvgIpc) is 2.15. The second-order valence-corrected chi connectivity index (χ2v) is 4.88. The summed E-state index contributed by atoms with van der Waals surface area (Å²) >= 11 is 7.02. The standard InChI is InChI=1S/C8H9ClN2O3S/c9-2-3-6(8(13)14)11-4(12)1-5(11)15-7(3)10/h5,7H,1-2,10H2,(H,13,14)/t5-,7?/m1/s1. The summed E-state index contributed by atoms with van der Waals surface area (Å²) in [5.41, 5.74) is 6.15. The van der Waals surface area contributed by atoms with Crippen LogP contribution < -0.4 is 5.73 Å². The summed E-state index contributed by atoms with van der Waals surface area (Å²) in [7, 11) is 0. The molecule has 0 aromatic carbocycles. The number of aliphatic carboxylic acids is 1. The van der Waals surface area contributed by atoms with Gasteiger partial charge < -0.3 is 10.8 Å². The summed E-state index contributed by atoms with van der Waals surface area (Å²) in [4.78, 5) is 23.6. The van der Waals surface area contributed by atoms with Gasteiger partial charge in [-0.05, 0) is 0 Å². The Balaban J connectivity index is 2.44. The fraction of sp³-hybridized carbons (Fsp3) is 0.500. The predicted molar refractivity (Wildman–Crippen MR) is 56.2 cm³/mol. The van der Waals surface area contributed by atoms with Crippen molar-refractivity contribution in [1.29, 1.82) is 0 Å². The highest BCUT2D eigenvalue weighted by Crippen LogP contribution is 2.42. The van der Waals surface area contributed by atoms with Crippen LogP contribution in [0.2, 0.25) is 0 Å². The molecule has 3 N–H and O–H groups in total. The third kappa shape index (κ3) is 1.53. The first-order valence-electron chi connectivity index (χ1n) is 4.31. The van der Waals surface area contributed by atoms with Crippen LogP contribution in [0.5, 0.6) is 0 Å². The Labute approximate surface area is 95.2 Å². The van der Waals surface area contributed by atoms with Crippen molar-refractivity contribution in [1.82, 2.24) is 4.90 Å². The summed E-state index contributed by atoms with van der Waals surface area (Å²) in [6.45, 7) is 0. The minimum absolute atomic E-state index is 0.0301. The van der Waals surface area contributed by atoms with Gasteiger partial charge in [0.15, 0.2) is 0 Å². The first-order valence-corrected chi connectivity index (χ1v) is 5.79. The van der Waals surface area contributed by atoms with E-state index in [0.717, 1.165) is 0 Å². The molecule has 15 heavy (non-hydrogen) atoms. The predicted octanol–water partition coefficient (Wildman–Crippen LogP) is 0.154. The molecular weight excluding hydrogens is 240 g/mol. The largest absolute Gasteiger partial charge is 0.477 e. The molecule has 1 unspecified atom stereocenters. The Kier molecular flexibility index (Phi) is 2.66. The highest BCUT2D eigenvalue weighted by Gasteiger charge is 2.47. The normalized spacial score (nSPS) is 30.0. The number of carboxylic acids is 1. The van der Waals surface area contributed by atoms with E-state index in [1.807, 2.05) is 0 Å². The van der Waals surface area contributed by atoms with Gasteiger partial charge in [0.2, 0.25) is 5.91 Å². The Hall–Kier alpha value is -0.720. The molecular formula is C8H9ClN2O3S. The molecule has 0 bridgehead atoms. The van der Waals surface area contributed by atoms with Crippen LogP contribution in [0.25, 0.3) is 0 Å². The number of nitrogens with two attached hydrogens (primary N) is 1. The van der Waals surface area contributed by atoms with Gasteiger partial charge in [-0.25, -0.2) is 4.79 Å². The maximum Gasteiger partial charge on any atom is 0.352 e. The zero-order valence-electron chi connectivity index (χ0n) is 7.64. The first-order chi connectivity index (χ1) is 7.06. The van der Waals surface area contributed by atoms with E-state index in [4.69, 9.17) is 22.4 Å². The number of nitrogens with zero attached hydrogens (tertiary/aromatic N) is 1. The van der Waals surface area contributed by atoms with E-state index in [1.54, 1.807) is 0 Å². The lowest BCUT2D eigenvalue weighted by atomic mass is 10.1. The van der Waals surface area contributed by atoms with Crippen LogP contribution >= 0.6 is 23.4 Å². The fourth-order valence-corrected chi connectivity index (χ4v) is 3.35. The molecule has 0 aromatic rings. The molecule has 0 radical (unpaired) electrons. The summed E-state index contributed by atoms with van der Waals surface area (Å²) in [6, 6.07) is 0. The number of β-lactam (4-membered cyclic amide) rings is 1. The monoisotopic (exact) mass is 248 g/mol. The van der Waals surface area contributed by atoms with Gasteiger partial charge in [0.25, 0.3) is 0 Å². The van der Waals surface area contributed by atoms with Crippen molar-refractivity contribution in [2.45, 2.75) is 17.2 Å². The molecule has 0 aliphatic carbocycles. The number of fused-ring (bicyclic) bond motifs is 1. The number of carbonyl (C=O) groups is 2. The third-order valence-electron chi connectivity index (χ3n) is 2.44. The first kappa shape index (κ1) is 10.8. The molecule has 7 heteroatoms. The van der Waals surface area contributed by atoms with E-state index in [9.17, 15) is 9.59 Å². The molecule has 1 fully saturated rings. The van der Waals surface area contributed by atoms with E-state index in [2.05, 4.69) is 0 Å². The molecule has 0 aromatic heterocycles. The van der Waals surface area contributed by atoms with Gasteiger partial charge in [-0.15, -0.1) is 23.4 Å². The van der Waals surface area contributed by atoms with Crippen molar-refractivity contribution < 1.29 is 14.7 Å². The molecule has 1 amide bonds. The Bertz CT molecular complexity index is 371. The molecule has 2 rings (SSSR count). The van der Waals surface area contributed by atoms with Gasteiger partial charge in [0.05, 0.1) is 17.2 Å². The van der Waals surface area contributed by atoms with E-state index in [0.29, 0.717) is 12.0 Å². The van der Waals surface area contributed by atoms with Crippen LogP contribution in [0.15, 0.2) is 11.3 Å². The Morgan fingerprint density at radius 3 is 2.87 bits per heavy atom. The number of halogens is 1. The maximum atomic E-state index is 11.3. The van der Waals surface area contributed by atoms with Crippen molar-refractivity contribution in [2.75, 3.05) is 5.88 Å². The van der Waals surface area contributed by atoms with Gasteiger partial charge in [0, 0.05) is 11.5 Å². The van der Waals surface area contributed by atoms with E-state index in [-0.39, 0.29) is 22.9 Å². The molecule has 2 aliphatic heterocycles. The van der Waals surface area contributed by atoms with Gasteiger partial charge in [-0.1, -0.05) is 0 Å². The van der Waals surface area contributed by atoms with Gasteiger partial charge >= 0.3 is 5.97 Å². The molecule has 82 valence electrons. The van der Waals surface area contributed by atoms with E-state index >= 15 is 0 Å². The average molecular weight is 249 g/mol. The summed E-state index contributed by atoms with van der Waals surface area (Å²) in [5, 5.41) is 8.46. The van der Waals surface area contributed by atoms with Crippen molar-refractivity contribution in [2.24, 2.45) is 5.73 Å². The lowest BCUT2D eigenvalue weighted by Gasteiger charge is -2.45. The van der Waals surface area contributed by atoms with Gasteiger partial charge in [-0.3, -0.25) is 9.69 Å². The Morgan fingerprint density at radius 2 is 2.40 bits per heavy atom. The number of carbonyl (C=O) groups excluding carboxylic acids is 1. The maximum absolute atomic E-state index is 11.3. The van der Waals surface area contributed by atoms with Crippen LogP contribution in [0, 0.1) is 0 Å². The second-order valence-electron chi connectivity index (χ2n) is 3.29. The number of thioether (sulfide) groups is 1. The molecule has 2 aliphatic rings. The fourth-order valence-electron chi connectivity index (χ4n) is 1.69. The quantitative estimate of drug-likeness (QED) is 0.537. The van der Waals surface area contributed by atoms with Crippen molar-refractivity contribution >= 4 is 35.2 Å². The lowest BCUT2D eigenvalue weighted by molar-refractivity contribution is -0.146. The highest BCUT2D eigenvalue weighted by atomic mass is 35.5. The van der Waals surface area contributed by atoms with Crippen molar-refractivity contribution in [3.8, 4) is 0 Å². The minimum Gasteiger partial charge on any atom is -0.477 e. The van der Waals surface area contributed by atoms with Crippen molar-refractivity contribution in [3.63, 3.8) is 0 Å². The summed E-state index contributed by atoms with van der Waals surface area (Å²) in [6.07, 6.45) is 0.352. The molecule has 1 saturated heterocycles. The minimum atomic E-state index is -1.14. The number of hydrogen-bond donors (Lipinski definition) is 2. The SMILES string of the molecule is NC1S[C@@H]2CC(=O)N2C(C(=O)O)=C1CCl. The molecule has 2 atom stereocenters. The summed E-state index contributed by atoms with van der Waals surface area (Å²) < 4.78 is 0. The molecule has 0 saturated carbocycles. The topological polar surface area (TPSA) is 83.6 Å². The number of carboxylic acid groups (broad SMARTS) is 1. The third-order valence-corrected chi connectivity index (χ3v) is 4.00. The van der Waals surface area contributed by atoms with Crippen LogP contribution in [-0.2, 0) is 9.59 Å². The number of hydrogen-bond acceptors (Lipinski definition) is 4. The zero-order chi connectivity index (χ0) is 11.2. The molecule has 2 heterocycles. The summed E-state index contributed by atoms with van der Waals surface area (Å²) in [5.74, 6) is -1.29. The molecule has 5 nitrogen and oxygen atoms in total. The van der Waals surface area contributed by atoms with Crippen LogP contribution in [-0.4, -0.2) is 38.5 Å². The lowest BCUT2D eigenvalue weighted by Crippen LogP contribution is -2.56. The second kappa shape index (κ2) is 3.70. The number of rotatable bonds is 2. The van der Waals surface area contributed by atoms with E-state index in [1.165, 1.54) is 16.7 Å². The van der Waals surface area contributed by atoms with Gasteiger partial charge in [-0.2, -0.15) is 0 Å². The zero-order valence-corrected chi connectivity index (χ0v) is 9.22. The molecule has 0 spiro atoms. The van der Waals surface area contributed by atoms with Crippen molar-refractivity contribution in [3.05, 3.63) is 11.3 Å². The number of amides is 1. The van der Waals surface area contributed by atoms with Crippen LogP contribution in [0.1, 0.15) is 6.42 Å². The number of alkyl halides is 1. The van der Waals surface area contributed by atoms with Crippen LogP contribution in [0.4, 0.5) is 0 Å². The highest BCUT2D eigenvalue weighted by molar-refractivity contribution is 8.00. The smallest absolute Gasteiger partial charge is 0.352 e. The van der Waals surface area contributed by atoms with E-state index < -0.39 is 11.3 Å². The Morgan fingerprint density at radius 1 is 1.73 bits per heavy atom. The van der Waals surface area contributed by atoms with Gasteiger partial charge in [0.1, 0.15) is 5.70 Å². The van der Waals surface area contributed by atoms with Crippen LogP contribution in [0.3, 0.4) is 0 Å².